The highest BCUT2D eigenvalue weighted by molar-refractivity contribution is 9.10. The van der Waals surface area contributed by atoms with E-state index in [0.29, 0.717) is 5.52 Å². The number of nitrogens with zero attached hydrogens (tertiary/aromatic N) is 2. The van der Waals surface area contributed by atoms with E-state index in [-0.39, 0.29) is 16.5 Å². The monoisotopic (exact) mass is 249 g/mol. The fourth-order valence-electron chi connectivity index (χ4n) is 1.16. The lowest BCUT2D eigenvalue weighted by atomic mass is 10.2. The molecule has 2 heterocycles. The topological polar surface area (TPSA) is 69.5 Å². The second kappa shape index (κ2) is 3.24. The van der Waals surface area contributed by atoms with E-state index in [1.807, 2.05) is 0 Å². The summed E-state index contributed by atoms with van der Waals surface area (Å²) in [5.74, 6) is 0. The van der Waals surface area contributed by atoms with Gasteiger partial charge < -0.3 is 4.98 Å². The van der Waals surface area contributed by atoms with Crippen LogP contribution in [0.15, 0.2) is 27.7 Å². The Morgan fingerprint density at radius 1 is 1.57 bits per heavy atom. The number of pyridine rings is 2. The summed E-state index contributed by atoms with van der Waals surface area (Å²) in [6.07, 6.45) is 2.91. The molecule has 0 bridgehead atoms. The van der Waals surface area contributed by atoms with E-state index in [0.717, 1.165) is 4.47 Å². The number of fused-ring (bicyclic) bond motifs is 1. The molecule has 0 radical (unpaired) electrons. The molecule has 0 unspecified atom stereocenters. The molecule has 5 heteroatoms. The van der Waals surface area contributed by atoms with Gasteiger partial charge in [0.05, 0.1) is 5.52 Å². The highest BCUT2D eigenvalue weighted by Gasteiger charge is 2.05. The van der Waals surface area contributed by atoms with Gasteiger partial charge in [0.25, 0.3) is 0 Å². The van der Waals surface area contributed by atoms with Gasteiger partial charge in [-0.05, 0) is 22.0 Å². The van der Waals surface area contributed by atoms with E-state index in [4.69, 9.17) is 5.26 Å². The standard InChI is InChI=1S/C9H4BrN3O/c10-6-1-7-8(13-4-6)9(14)5(2-11)3-12-7/h1,3-4H,(H,12,14). The van der Waals surface area contributed by atoms with Crippen molar-refractivity contribution in [2.24, 2.45) is 0 Å². The molecule has 0 saturated carbocycles. The third-order valence-electron chi connectivity index (χ3n) is 1.81. The van der Waals surface area contributed by atoms with Crippen molar-refractivity contribution in [2.45, 2.75) is 0 Å². The van der Waals surface area contributed by atoms with Crippen LogP contribution >= 0.6 is 15.9 Å². The zero-order valence-corrected chi connectivity index (χ0v) is 8.50. The van der Waals surface area contributed by atoms with Crippen molar-refractivity contribution in [1.82, 2.24) is 9.97 Å². The Kier molecular flexibility index (Phi) is 2.06. The molecule has 2 aromatic rings. The number of halogens is 1. The van der Waals surface area contributed by atoms with Gasteiger partial charge in [-0.3, -0.25) is 4.79 Å². The lowest BCUT2D eigenvalue weighted by Crippen LogP contribution is -2.08. The highest BCUT2D eigenvalue weighted by Crippen LogP contribution is 2.12. The summed E-state index contributed by atoms with van der Waals surface area (Å²) in [7, 11) is 0. The fourth-order valence-corrected chi connectivity index (χ4v) is 1.49. The van der Waals surface area contributed by atoms with Crippen molar-refractivity contribution in [2.75, 3.05) is 0 Å². The van der Waals surface area contributed by atoms with Crippen molar-refractivity contribution in [1.29, 1.82) is 5.26 Å². The Morgan fingerprint density at radius 2 is 2.36 bits per heavy atom. The molecule has 14 heavy (non-hydrogen) atoms. The maximum absolute atomic E-state index is 11.6. The smallest absolute Gasteiger partial charge is 0.225 e. The summed E-state index contributed by atoms with van der Waals surface area (Å²) in [4.78, 5) is 18.3. The van der Waals surface area contributed by atoms with Crippen LogP contribution in [0.3, 0.4) is 0 Å². The minimum absolute atomic E-state index is 0.0762. The number of rotatable bonds is 0. The lowest BCUT2D eigenvalue weighted by Gasteiger charge is -1.97. The van der Waals surface area contributed by atoms with Crippen molar-refractivity contribution >= 4 is 27.0 Å². The molecule has 0 aliphatic heterocycles. The van der Waals surface area contributed by atoms with E-state index in [1.165, 1.54) is 12.4 Å². The Morgan fingerprint density at radius 3 is 3.07 bits per heavy atom. The van der Waals surface area contributed by atoms with Crippen LogP contribution in [0.4, 0.5) is 0 Å². The van der Waals surface area contributed by atoms with Crippen LogP contribution in [0.1, 0.15) is 5.56 Å². The van der Waals surface area contributed by atoms with Crippen molar-refractivity contribution in [3.8, 4) is 6.07 Å². The number of hydrogen-bond acceptors (Lipinski definition) is 3. The first-order valence-corrected chi connectivity index (χ1v) is 4.58. The van der Waals surface area contributed by atoms with Gasteiger partial charge >= 0.3 is 0 Å². The molecule has 0 aliphatic rings. The Hall–Kier alpha value is -1.67. The zero-order valence-electron chi connectivity index (χ0n) is 6.91. The van der Waals surface area contributed by atoms with E-state index in [2.05, 4.69) is 25.9 Å². The van der Waals surface area contributed by atoms with Crippen LogP contribution in [0.25, 0.3) is 11.0 Å². The lowest BCUT2D eigenvalue weighted by molar-refractivity contribution is 1.28. The van der Waals surface area contributed by atoms with E-state index < -0.39 is 0 Å². The fraction of sp³-hybridized carbons (Fsp3) is 0. The van der Waals surface area contributed by atoms with E-state index in [9.17, 15) is 4.79 Å². The largest absolute Gasteiger partial charge is 0.358 e. The third-order valence-corrected chi connectivity index (χ3v) is 2.24. The molecule has 0 amide bonds. The molecule has 0 aromatic carbocycles. The van der Waals surface area contributed by atoms with Gasteiger partial charge in [-0.1, -0.05) is 0 Å². The number of nitrogens with one attached hydrogen (secondary N) is 1. The summed E-state index contributed by atoms with van der Waals surface area (Å²) in [5, 5.41) is 8.63. The second-order valence-corrected chi connectivity index (χ2v) is 3.61. The molecule has 1 N–H and O–H groups in total. The Labute approximate surface area is 87.3 Å². The third kappa shape index (κ3) is 1.30. The Bertz CT molecular complexity index is 597. The first-order valence-electron chi connectivity index (χ1n) is 3.79. The van der Waals surface area contributed by atoms with Gasteiger partial charge in [0.2, 0.25) is 5.43 Å². The first-order chi connectivity index (χ1) is 6.72. The number of hydrogen-bond donors (Lipinski definition) is 1. The summed E-state index contributed by atoms with van der Waals surface area (Å²) < 4.78 is 0.783. The SMILES string of the molecule is N#Cc1c[nH]c2cc(Br)cnc2c1=O. The van der Waals surface area contributed by atoms with Gasteiger partial charge in [-0.15, -0.1) is 0 Å². The summed E-state index contributed by atoms with van der Waals surface area (Å²) >= 11 is 3.24. The quantitative estimate of drug-likeness (QED) is 0.771. The molecular formula is C9H4BrN3O. The average molecular weight is 250 g/mol. The summed E-state index contributed by atoms with van der Waals surface area (Å²) in [5.41, 5.74) is 0.636. The summed E-state index contributed by atoms with van der Waals surface area (Å²) in [6, 6.07) is 3.55. The van der Waals surface area contributed by atoms with E-state index >= 15 is 0 Å². The number of aromatic amines is 1. The molecule has 0 fully saturated rings. The number of H-pyrrole nitrogens is 1. The molecule has 2 rings (SSSR count). The van der Waals surface area contributed by atoms with Crippen LogP contribution in [-0.4, -0.2) is 9.97 Å². The first kappa shape index (κ1) is 8.91. The summed E-state index contributed by atoms with van der Waals surface area (Å²) in [6.45, 7) is 0. The maximum atomic E-state index is 11.6. The predicted octanol–water partition coefficient (Wildman–Crippen LogP) is 1.56. The van der Waals surface area contributed by atoms with Crippen molar-refractivity contribution in [3.05, 3.63) is 38.7 Å². The van der Waals surface area contributed by atoms with Crippen LogP contribution < -0.4 is 5.43 Å². The highest BCUT2D eigenvalue weighted by atomic mass is 79.9. The maximum Gasteiger partial charge on any atom is 0.225 e. The molecule has 4 nitrogen and oxygen atoms in total. The van der Waals surface area contributed by atoms with Gasteiger partial charge in [-0.2, -0.15) is 5.26 Å². The molecule has 2 aromatic heterocycles. The zero-order chi connectivity index (χ0) is 10.1. The van der Waals surface area contributed by atoms with Crippen molar-refractivity contribution in [3.63, 3.8) is 0 Å². The molecule has 0 atom stereocenters. The van der Waals surface area contributed by atoms with Gasteiger partial charge in [0.15, 0.2) is 0 Å². The molecular weight excluding hydrogens is 246 g/mol. The molecule has 0 aliphatic carbocycles. The molecule has 0 spiro atoms. The van der Waals surface area contributed by atoms with Crippen LogP contribution in [0.2, 0.25) is 0 Å². The van der Waals surface area contributed by atoms with Gasteiger partial charge in [0, 0.05) is 16.9 Å². The van der Waals surface area contributed by atoms with Crippen LogP contribution in [0, 0.1) is 11.3 Å². The Balaban J connectivity index is 2.93. The molecule has 0 saturated heterocycles. The normalized spacial score (nSPS) is 10.0. The second-order valence-electron chi connectivity index (χ2n) is 2.69. The number of nitriles is 1. The van der Waals surface area contributed by atoms with Gasteiger partial charge in [0.1, 0.15) is 17.1 Å². The molecule has 68 valence electrons. The van der Waals surface area contributed by atoms with Crippen molar-refractivity contribution < 1.29 is 0 Å². The number of aromatic nitrogens is 2. The minimum atomic E-state index is -0.339. The predicted molar refractivity (Wildman–Crippen MR) is 54.8 cm³/mol. The average Bonchev–Trinajstić information content (AvgIpc) is 2.18. The van der Waals surface area contributed by atoms with Crippen LogP contribution in [0.5, 0.6) is 0 Å². The van der Waals surface area contributed by atoms with Crippen LogP contribution in [-0.2, 0) is 0 Å². The minimum Gasteiger partial charge on any atom is -0.358 e. The van der Waals surface area contributed by atoms with Gasteiger partial charge in [-0.25, -0.2) is 4.98 Å². The van der Waals surface area contributed by atoms with E-state index in [1.54, 1.807) is 12.1 Å².